The maximum atomic E-state index is 12.0. The lowest BCUT2D eigenvalue weighted by atomic mass is 9.85. The first-order chi connectivity index (χ1) is 12.2. The maximum absolute atomic E-state index is 12.0. The van der Waals surface area contributed by atoms with Crippen LogP contribution >= 0.6 is 22.9 Å². The lowest BCUT2D eigenvalue weighted by molar-refractivity contribution is 0.986. The molecule has 3 aromatic carbocycles. The van der Waals surface area contributed by atoms with E-state index in [1.54, 1.807) is 0 Å². The van der Waals surface area contributed by atoms with Crippen molar-refractivity contribution < 1.29 is 0 Å². The van der Waals surface area contributed by atoms with Crippen LogP contribution in [0.5, 0.6) is 0 Å². The summed E-state index contributed by atoms with van der Waals surface area (Å²) >= 11 is 7.33. The number of nitrogens with one attached hydrogen (secondary N) is 2. The van der Waals surface area contributed by atoms with Gasteiger partial charge in [-0.05, 0) is 28.6 Å². The molecule has 4 aromatic rings. The number of fused-ring (bicyclic) bond motifs is 4. The monoisotopic (exact) mass is 364 g/mol. The second-order valence-electron chi connectivity index (χ2n) is 6.11. The van der Waals surface area contributed by atoms with Crippen LogP contribution < -0.4 is 10.2 Å². The van der Waals surface area contributed by atoms with Crippen LogP contribution in [0, 0.1) is 0 Å². The lowest BCUT2D eigenvalue weighted by Crippen LogP contribution is -2.13. The van der Waals surface area contributed by atoms with Crippen molar-refractivity contribution in [3.63, 3.8) is 0 Å². The summed E-state index contributed by atoms with van der Waals surface area (Å²) in [6.07, 6.45) is 0. The number of hydrogen-bond donors (Lipinski definition) is 2. The molecular weight excluding hydrogens is 352 g/mol. The highest BCUT2D eigenvalue weighted by molar-refractivity contribution is 7.10. The molecule has 0 saturated heterocycles. The van der Waals surface area contributed by atoms with Gasteiger partial charge in [-0.2, -0.15) is 0 Å². The minimum absolute atomic E-state index is 0.0112. The summed E-state index contributed by atoms with van der Waals surface area (Å²) in [5.74, 6) is 0.802. The van der Waals surface area contributed by atoms with Crippen molar-refractivity contribution in [1.82, 2.24) is 4.98 Å². The van der Waals surface area contributed by atoms with E-state index in [1.165, 1.54) is 22.3 Å². The van der Waals surface area contributed by atoms with Crippen molar-refractivity contribution in [2.75, 3.05) is 5.32 Å². The zero-order valence-electron chi connectivity index (χ0n) is 13.0. The fourth-order valence-electron chi connectivity index (χ4n) is 3.56. The average Bonchev–Trinajstić information content (AvgIpc) is 3.00. The Morgan fingerprint density at radius 1 is 0.960 bits per heavy atom. The predicted octanol–water partition coefficient (Wildman–Crippen LogP) is 5.48. The van der Waals surface area contributed by atoms with Crippen molar-refractivity contribution in [3.05, 3.63) is 91.4 Å². The summed E-state index contributed by atoms with van der Waals surface area (Å²) in [5.41, 5.74) is 3.35. The molecule has 5 rings (SSSR count). The summed E-state index contributed by atoms with van der Waals surface area (Å²) in [7, 11) is 0. The molecule has 0 spiro atoms. The van der Waals surface area contributed by atoms with E-state index in [2.05, 4.69) is 34.6 Å². The van der Waals surface area contributed by atoms with Gasteiger partial charge in [0.15, 0.2) is 0 Å². The van der Waals surface area contributed by atoms with Crippen molar-refractivity contribution in [1.29, 1.82) is 0 Å². The van der Waals surface area contributed by atoms with E-state index in [9.17, 15) is 4.79 Å². The molecule has 25 heavy (non-hydrogen) atoms. The highest BCUT2D eigenvalue weighted by atomic mass is 35.5. The van der Waals surface area contributed by atoms with Crippen LogP contribution in [0.2, 0.25) is 5.02 Å². The molecule has 5 heteroatoms. The molecule has 1 aliphatic rings. The Hall–Kier alpha value is -2.56. The highest BCUT2D eigenvalue weighted by Gasteiger charge is 2.30. The molecule has 0 amide bonds. The fourth-order valence-corrected chi connectivity index (χ4v) is 4.62. The van der Waals surface area contributed by atoms with Gasteiger partial charge in [0.25, 0.3) is 0 Å². The zero-order chi connectivity index (χ0) is 17.0. The number of aromatic amines is 1. The maximum Gasteiger partial charge on any atom is 0.306 e. The SMILES string of the molecule is O=c1[nH]c2c(s1)C(c1ccc(Cl)cc1)c1ccc3ccccc3c1N2. The smallest absolute Gasteiger partial charge is 0.306 e. The fraction of sp³-hybridized carbons (Fsp3) is 0.0500. The Kier molecular flexibility index (Phi) is 3.23. The van der Waals surface area contributed by atoms with Crippen LogP contribution in [0.4, 0.5) is 11.5 Å². The van der Waals surface area contributed by atoms with E-state index in [-0.39, 0.29) is 10.8 Å². The molecule has 2 N–H and O–H groups in total. The minimum Gasteiger partial charge on any atom is -0.340 e. The standard InChI is InChI=1S/C20H13ClN2OS/c21-13-8-5-12(6-9-13)16-15-10-7-11-3-1-2-4-14(11)17(15)22-19-18(16)25-20(24)23-19/h1-10,16,22H,(H,23,24). The average molecular weight is 365 g/mol. The molecule has 0 saturated carbocycles. The number of rotatable bonds is 1. The molecule has 1 aromatic heterocycles. The first-order valence-corrected chi connectivity index (χ1v) is 9.17. The Balaban J connectivity index is 1.82. The lowest BCUT2D eigenvalue weighted by Gasteiger charge is -2.27. The van der Waals surface area contributed by atoms with Crippen molar-refractivity contribution in [3.8, 4) is 0 Å². The Bertz CT molecular complexity index is 1160. The summed E-state index contributed by atoms with van der Waals surface area (Å²) in [6, 6.07) is 20.4. The molecule has 0 bridgehead atoms. The number of benzene rings is 3. The largest absolute Gasteiger partial charge is 0.340 e. The molecule has 1 atom stereocenters. The van der Waals surface area contributed by atoms with Gasteiger partial charge < -0.3 is 5.32 Å². The normalized spacial score (nSPS) is 15.5. The highest BCUT2D eigenvalue weighted by Crippen LogP contribution is 2.47. The topological polar surface area (TPSA) is 44.9 Å². The number of halogens is 1. The molecule has 122 valence electrons. The molecule has 0 radical (unpaired) electrons. The van der Waals surface area contributed by atoms with Gasteiger partial charge in [-0.3, -0.25) is 9.78 Å². The van der Waals surface area contributed by atoms with E-state index in [0.29, 0.717) is 5.02 Å². The van der Waals surface area contributed by atoms with Crippen LogP contribution in [-0.4, -0.2) is 4.98 Å². The third kappa shape index (κ3) is 2.29. The summed E-state index contributed by atoms with van der Waals surface area (Å²) in [6.45, 7) is 0. The molecule has 3 nitrogen and oxygen atoms in total. The van der Waals surface area contributed by atoms with E-state index in [1.807, 2.05) is 36.4 Å². The minimum atomic E-state index is -0.0476. The van der Waals surface area contributed by atoms with Gasteiger partial charge in [-0.15, -0.1) is 0 Å². The van der Waals surface area contributed by atoms with Gasteiger partial charge in [-0.1, -0.05) is 71.5 Å². The molecular formula is C20H13ClN2OS. The van der Waals surface area contributed by atoms with Crippen LogP contribution in [0.1, 0.15) is 21.9 Å². The third-order valence-electron chi connectivity index (χ3n) is 4.66. The number of hydrogen-bond acceptors (Lipinski definition) is 3. The van der Waals surface area contributed by atoms with E-state index in [4.69, 9.17) is 11.6 Å². The second kappa shape index (κ2) is 5.48. The van der Waals surface area contributed by atoms with Crippen LogP contribution in [0.3, 0.4) is 0 Å². The first kappa shape index (κ1) is 14.8. The van der Waals surface area contributed by atoms with Gasteiger partial charge in [-0.25, -0.2) is 0 Å². The summed E-state index contributed by atoms with van der Waals surface area (Å²) in [5, 5.41) is 6.47. The summed E-state index contributed by atoms with van der Waals surface area (Å²) in [4.78, 5) is 15.9. The van der Waals surface area contributed by atoms with Crippen LogP contribution in [0.15, 0.2) is 65.5 Å². The van der Waals surface area contributed by atoms with Gasteiger partial charge in [0.05, 0.1) is 10.6 Å². The quantitative estimate of drug-likeness (QED) is 0.413. The van der Waals surface area contributed by atoms with Crippen LogP contribution in [-0.2, 0) is 0 Å². The molecule has 0 aliphatic carbocycles. The van der Waals surface area contributed by atoms with E-state index < -0.39 is 0 Å². The Morgan fingerprint density at radius 2 is 1.76 bits per heavy atom. The van der Waals surface area contributed by atoms with Crippen molar-refractivity contribution >= 4 is 45.2 Å². The Labute approximate surface area is 152 Å². The molecule has 0 fully saturated rings. The van der Waals surface area contributed by atoms with Crippen molar-refractivity contribution in [2.24, 2.45) is 0 Å². The third-order valence-corrected chi connectivity index (χ3v) is 5.86. The summed E-state index contributed by atoms with van der Waals surface area (Å²) < 4.78 is 0. The van der Waals surface area contributed by atoms with E-state index in [0.717, 1.165) is 27.3 Å². The number of H-pyrrole nitrogens is 1. The molecule has 1 unspecified atom stereocenters. The number of thiazole rings is 1. The van der Waals surface area contributed by atoms with Crippen molar-refractivity contribution in [2.45, 2.75) is 5.92 Å². The molecule has 2 heterocycles. The molecule has 1 aliphatic heterocycles. The second-order valence-corrected chi connectivity index (χ2v) is 7.57. The first-order valence-electron chi connectivity index (χ1n) is 7.98. The predicted molar refractivity (Wildman–Crippen MR) is 105 cm³/mol. The number of aromatic nitrogens is 1. The van der Waals surface area contributed by atoms with Gasteiger partial charge in [0, 0.05) is 16.3 Å². The van der Waals surface area contributed by atoms with Gasteiger partial charge >= 0.3 is 4.87 Å². The van der Waals surface area contributed by atoms with Gasteiger partial charge in [0.2, 0.25) is 0 Å². The Morgan fingerprint density at radius 3 is 2.60 bits per heavy atom. The zero-order valence-corrected chi connectivity index (χ0v) is 14.6. The number of anilines is 2. The van der Waals surface area contributed by atoms with E-state index >= 15 is 0 Å². The van der Waals surface area contributed by atoms with Gasteiger partial charge in [0.1, 0.15) is 5.82 Å². The van der Waals surface area contributed by atoms with Crippen LogP contribution in [0.25, 0.3) is 10.8 Å².